The average molecular weight is 573 g/mol. The van der Waals surface area contributed by atoms with Gasteiger partial charge in [0.1, 0.15) is 0 Å². The van der Waals surface area contributed by atoms with E-state index in [1.165, 1.54) is 5.56 Å². The smallest absolute Gasteiger partial charge is 0.256 e. The van der Waals surface area contributed by atoms with Crippen molar-refractivity contribution in [3.63, 3.8) is 0 Å². The average Bonchev–Trinajstić information content (AvgIpc) is 3.05. The highest BCUT2D eigenvalue weighted by atomic mass is 16.5. The fraction of sp³-hybridized carbons (Fsp3) is 0.412. The Morgan fingerprint density at radius 1 is 0.952 bits per heavy atom. The number of methoxy groups -OCH3 is 2. The molecule has 1 amide bonds. The molecule has 1 fully saturated rings. The lowest BCUT2D eigenvalue weighted by molar-refractivity contribution is 0.0718. The Kier molecular flexibility index (Phi) is 11.0. The van der Waals surface area contributed by atoms with E-state index in [0.29, 0.717) is 28.7 Å². The van der Waals surface area contributed by atoms with Gasteiger partial charge in [0.15, 0.2) is 17.8 Å². The molecule has 0 spiro atoms. The third-order valence-corrected chi connectivity index (χ3v) is 8.38. The van der Waals surface area contributed by atoms with Crippen LogP contribution in [0.4, 0.5) is 5.69 Å². The molecule has 42 heavy (non-hydrogen) atoms. The molecule has 1 N–H and O–H groups in total. The molecule has 1 saturated heterocycles. The van der Waals surface area contributed by atoms with Crippen molar-refractivity contribution in [1.29, 1.82) is 0 Å². The molecule has 0 radical (unpaired) electrons. The molecule has 8 heteroatoms. The van der Waals surface area contributed by atoms with Gasteiger partial charge in [-0.1, -0.05) is 48.5 Å². The van der Waals surface area contributed by atoms with Gasteiger partial charge < -0.3 is 24.6 Å². The van der Waals surface area contributed by atoms with Gasteiger partial charge >= 0.3 is 0 Å². The number of benzene rings is 3. The van der Waals surface area contributed by atoms with Gasteiger partial charge in [-0.3, -0.25) is 14.5 Å². The molecule has 0 saturated carbocycles. The van der Waals surface area contributed by atoms with Crippen LogP contribution in [0.15, 0.2) is 66.7 Å². The molecule has 0 aliphatic carbocycles. The fourth-order valence-corrected chi connectivity index (χ4v) is 5.88. The Morgan fingerprint density at radius 2 is 1.67 bits per heavy atom. The molecule has 4 rings (SSSR count). The van der Waals surface area contributed by atoms with Crippen molar-refractivity contribution < 1.29 is 19.1 Å². The maximum absolute atomic E-state index is 14.3. The van der Waals surface area contributed by atoms with Crippen LogP contribution in [-0.4, -0.2) is 83.0 Å². The second kappa shape index (κ2) is 14.8. The molecule has 3 aromatic carbocycles. The maximum atomic E-state index is 14.3. The number of carbonyl (C=O) groups is 2. The van der Waals surface area contributed by atoms with E-state index < -0.39 is 0 Å². The van der Waals surface area contributed by atoms with Gasteiger partial charge in [0.25, 0.3) is 5.91 Å². The van der Waals surface area contributed by atoms with E-state index in [0.717, 1.165) is 63.1 Å². The van der Waals surface area contributed by atoms with Gasteiger partial charge in [-0.2, -0.15) is 0 Å². The predicted octanol–water partition coefficient (Wildman–Crippen LogP) is 5.21. The zero-order valence-corrected chi connectivity index (χ0v) is 25.5. The Labute approximate surface area is 250 Å². The number of hydrogen-bond donors (Lipinski definition) is 1. The molecule has 0 unspecified atom stereocenters. The van der Waals surface area contributed by atoms with E-state index in [9.17, 15) is 9.59 Å². The summed E-state index contributed by atoms with van der Waals surface area (Å²) in [6.45, 7) is 6.33. The van der Waals surface area contributed by atoms with Gasteiger partial charge in [-0.15, -0.1) is 0 Å². The molecular weight excluding hydrogens is 528 g/mol. The number of piperazine rings is 1. The Hall–Kier alpha value is -3.88. The molecule has 3 aromatic rings. The van der Waals surface area contributed by atoms with Gasteiger partial charge in [0.2, 0.25) is 0 Å². The number of hydrogen-bond acceptors (Lipinski definition) is 7. The summed E-state index contributed by atoms with van der Waals surface area (Å²) in [5.74, 6) is 1.08. The summed E-state index contributed by atoms with van der Waals surface area (Å²) < 4.78 is 11.0. The molecule has 1 heterocycles. The van der Waals surface area contributed by atoms with E-state index in [1.54, 1.807) is 25.2 Å². The van der Waals surface area contributed by atoms with E-state index in [2.05, 4.69) is 46.3 Å². The molecule has 0 bridgehead atoms. The first-order valence-electron chi connectivity index (χ1n) is 14.7. The Morgan fingerprint density at radius 3 is 2.31 bits per heavy atom. The molecule has 1 aliphatic rings. The highest BCUT2D eigenvalue weighted by Gasteiger charge is 2.30. The van der Waals surface area contributed by atoms with Crippen LogP contribution in [-0.2, 0) is 0 Å². The number of aldehydes is 1. The summed E-state index contributed by atoms with van der Waals surface area (Å²) in [5, 5.41) is 3.20. The van der Waals surface area contributed by atoms with Crippen molar-refractivity contribution in [2.75, 3.05) is 65.9 Å². The monoisotopic (exact) mass is 572 g/mol. The van der Waals surface area contributed by atoms with Crippen LogP contribution >= 0.6 is 0 Å². The summed E-state index contributed by atoms with van der Waals surface area (Å²) in [7, 11) is 6.97. The minimum Gasteiger partial charge on any atom is -0.493 e. The molecule has 2 atom stereocenters. The van der Waals surface area contributed by atoms with Crippen molar-refractivity contribution in [3.05, 3.63) is 89.0 Å². The molecular formula is C34H44N4O4. The number of rotatable bonds is 13. The first-order valence-corrected chi connectivity index (χ1v) is 14.7. The SMILES string of the molecule is CNCCC[C@H](c1ccc(OC)c(OC)c1)N(C)C(=O)c1c(C=O)cccc1N1CCN([C@H](C)c2ccccc2)CC1. The molecule has 1 aliphatic heterocycles. The van der Waals surface area contributed by atoms with Crippen LogP contribution in [0.3, 0.4) is 0 Å². The third kappa shape index (κ3) is 6.94. The lowest BCUT2D eigenvalue weighted by atomic mass is 9.97. The molecule has 8 nitrogen and oxygen atoms in total. The van der Waals surface area contributed by atoms with E-state index in [4.69, 9.17) is 9.47 Å². The van der Waals surface area contributed by atoms with Crippen LogP contribution in [0, 0.1) is 0 Å². The molecule has 0 aromatic heterocycles. The number of ether oxygens (including phenoxy) is 2. The van der Waals surface area contributed by atoms with Crippen LogP contribution in [0.5, 0.6) is 11.5 Å². The van der Waals surface area contributed by atoms with Gasteiger partial charge in [0.05, 0.1) is 31.5 Å². The Bertz CT molecular complexity index is 1320. The number of nitrogens with one attached hydrogen (secondary N) is 1. The predicted molar refractivity (Wildman–Crippen MR) is 168 cm³/mol. The second-order valence-electron chi connectivity index (χ2n) is 10.8. The summed E-state index contributed by atoms with van der Waals surface area (Å²) in [5.41, 5.74) is 3.92. The summed E-state index contributed by atoms with van der Waals surface area (Å²) in [4.78, 5) is 33.1. The number of anilines is 1. The highest BCUT2D eigenvalue weighted by molar-refractivity contribution is 6.06. The number of carbonyl (C=O) groups excluding carboxylic acids is 2. The zero-order chi connectivity index (χ0) is 30.1. The standard InChI is InChI=1S/C34H44N4O4/c1-25(26-11-7-6-8-12-26)37-19-21-38(22-20-37)30-14-9-13-28(24-39)33(30)34(40)36(3)29(15-10-18-35-2)27-16-17-31(41-4)32(23-27)42-5/h6-9,11-14,16-17,23-25,29,35H,10,15,18-22H2,1-5H3/t25-,29-/m1/s1. The van der Waals surface area contributed by atoms with Crippen molar-refractivity contribution >= 4 is 17.9 Å². The lowest BCUT2D eigenvalue weighted by Crippen LogP contribution is -2.48. The van der Waals surface area contributed by atoms with Crippen molar-refractivity contribution in [1.82, 2.24) is 15.1 Å². The quantitative estimate of drug-likeness (QED) is 0.223. The van der Waals surface area contributed by atoms with Crippen LogP contribution in [0.25, 0.3) is 0 Å². The first-order chi connectivity index (χ1) is 20.4. The number of nitrogens with zero attached hydrogens (tertiary/aromatic N) is 3. The largest absolute Gasteiger partial charge is 0.493 e. The van der Waals surface area contributed by atoms with E-state index in [1.807, 2.05) is 50.5 Å². The minimum atomic E-state index is -0.221. The van der Waals surface area contributed by atoms with E-state index in [-0.39, 0.29) is 11.9 Å². The first kappa shape index (κ1) is 31.1. The van der Waals surface area contributed by atoms with Crippen LogP contribution in [0.2, 0.25) is 0 Å². The third-order valence-electron chi connectivity index (χ3n) is 8.38. The normalized spacial score (nSPS) is 15.1. The van der Waals surface area contributed by atoms with Gasteiger partial charge in [-0.25, -0.2) is 0 Å². The summed E-state index contributed by atoms with van der Waals surface area (Å²) in [6, 6.07) is 22.0. The van der Waals surface area contributed by atoms with E-state index >= 15 is 0 Å². The lowest BCUT2D eigenvalue weighted by Gasteiger charge is -2.40. The van der Waals surface area contributed by atoms with Gasteiger partial charge in [0, 0.05) is 44.8 Å². The topological polar surface area (TPSA) is 74.3 Å². The Balaban J connectivity index is 1.61. The fourth-order valence-electron chi connectivity index (χ4n) is 5.88. The van der Waals surface area contributed by atoms with Crippen LogP contribution in [0.1, 0.15) is 63.7 Å². The van der Waals surface area contributed by atoms with Crippen LogP contribution < -0.4 is 19.7 Å². The zero-order valence-electron chi connectivity index (χ0n) is 25.5. The number of amides is 1. The summed E-state index contributed by atoms with van der Waals surface area (Å²) >= 11 is 0. The minimum absolute atomic E-state index is 0.169. The van der Waals surface area contributed by atoms with Gasteiger partial charge in [-0.05, 0) is 62.7 Å². The molecule has 224 valence electrons. The summed E-state index contributed by atoms with van der Waals surface area (Å²) in [6.07, 6.45) is 2.41. The highest BCUT2D eigenvalue weighted by Crippen LogP contribution is 2.36. The van der Waals surface area contributed by atoms with Crippen molar-refractivity contribution in [2.45, 2.75) is 31.8 Å². The van der Waals surface area contributed by atoms with Crippen molar-refractivity contribution in [3.8, 4) is 11.5 Å². The second-order valence-corrected chi connectivity index (χ2v) is 10.8. The maximum Gasteiger partial charge on any atom is 0.256 e. The van der Waals surface area contributed by atoms with Crippen molar-refractivity contribution in [2.24, 2.45) is 0 Å².